The number of nitrogen functional groups attached to an aromatic ring is 1. The van der Waals surface area contributed by atoms with Crippen LogP contribution in [0.25, 0.3) is 0 Å². The van der Waals surface area contributed by atoms with Gasteiger partial charge in [-0.1, -0.05) is 0 Å². The molecule has 1 aromatic rings. The standard InChI is InChI=1S/C11H19N5O4S/c12-15-11-13-7-10(8-14-11)21(18,19)16-3-1-9(2-4-16)20-6-5-17/h7-9,17H,1-6,12H2,(H,13,14,15). The molecule has 9 nitrogen and oxygen atoms in total. The van der Waals surface area contributed by atoms with Gasteiger partial charge in [-0.15, -0.1) is 0 Å². The Bertz CT molecular complexity index is 542. The monoisotopic (exact) mass is 317 g/mol. The normalized spacial score (nSPS) is 17.8. The highest BCUT2D eigenvalue weighted by Crippen LogP contribution is 2.21. The van der Waals surface area contributed by atoms with Crippen LogP contribution in [0.4, 0.5) is 5.95 Å². The lowest BCUT2D eigenvalue weighted by molar-refractivity contribution is 0.00318. The average Bonchev–Trinajstić information content (AvgIpc) is 2.53. The van der Waals surface area contributed by atoms with Crippen molar-refractivity contribution < 1.29 is 18.3 Å². The van der Waals surface area contributed by atoms with E-state index in [-0.39, 0.29) is 30.2 Å². The summed E-state index contributed by atoms with van der Waals surface area (Å²) in [5, 5.41) is 8.71. The fourth-order valence-corrected chi connectivity index (χ4v) is 3.49. The number of anilines is 1. The second-order valence-corrected chi connectivity index (χ2v) is 6.52. The first-order valence-electron chi connectivity index (χ1n) is 6.59. The first-order chi connectivity index (χ1) is 10.1. The minimum absolute atomic E-state index is 0.0105. The number of aliphatic hydroxyl groups excluding tert-OH is 1. The smallest absolute Gasteiger partial charge is 0.246 e. The number of hydrogen-bond donors (Lipinski definition) is 3. The highest BCUT2D eigenvalue weighted by Gasteiger charge is 2.30. The van der Waals surface area contributed by atoms with E-state index in [0.29, 0.717) is 25.9 Å². The molecule has 1 aromatic heterocycles. The van der Waals surface area contributed by atoms with Crippen molar-refractivity contribution >= 4 is 16.0 Å². The molecule has 10 heteroatoms. The molecule has 1 fully saturated rings. The number of piperidine rings is 1. The zero-order valence-electron chi connectivity index (χ0n) is 11.5. The van der Waals surface area contributed by atoms with E-state index in [1.54, 1.807) is 0 Å². The molecule has 0 unspecified atom stereocenters. The zero-order valence-corrected chi connectivity index (χ0v) is 12.3. The van der Waals surface area contributed by atoms with Crippen LogP contribution < -0.4 is 11.3 Å². The third-order valence-electron chi connectivity index (χ3n) is 3.24. The average molecular weight is 317 g/mol. The maximum absolute atomic E-state index is 12.4. The lowest BCUT2D eigenvalue weighted by atomic mass is 10.1. The first-order valence-corrected chi connectivity index (χ1v) is 8.03. The summed E-state index contributed by atoms with van der Waals surface area (Å²) < 4.78 is 31.6. The van der Waals surface area contributed by atoms with Crippen molar-refractivity contribution in [1.82, 2.24) is 14.3 Å². The van der Waals surface area contributed by atoms with Crippen LogP contribution in [0.15, 0.2) is 17.3 Å². The Morgan fingerprint density at radius 1 is 1.38 bits per heavy atom. The molecule has 0 saturated carbocycles. The van der Waals surface area contributed by atoms with Gasteiger partial charge in [0.2, 0.25) is 16.0 Å². The number of sulfonamides is 1. The van der Waals surface area contributed by atoms with Crippen LogP contribution in [0.2, 0.25) is 0 Å². The number of hydrazine groups is 1. The predicted octanol–water partition coefficient (Wildman–Crippen LogP) is -1.08. The SMILES string of the molecule is NNc1ncc(S(=O)(=O)N2CCC(OCCO)CC2)cn1. The Balaban J connectivity index is 2.00. The molecule has 4 N–H and O–H groups in total. The molecular formula is C11H19N5O4S. The fourth-order valence-electron chi connectivity index (χ4n) is 2.13. The Morgan fingerprint density at radius 3 is 2.52 bits per heavy atom. The second kappa shape index (κ2) is 7.09. The predicted molar refractivity (Wildman–Crippen MR) is 74.7 cm³/mol. The number of nitrogens with one attached hydrogen (secondary N) is 1. The molecule has 2 rings (SSSR count). The second-order valence-electron chi connectivity index (χ2n) is 4.58. The molecule has 118 valence electrons. The molecule has 1 aliphatic rings. The van der Waals surface area contributed by atoms with Crippen molar-refractivity contribution in [3.63, 3.8) is 0 Å². The van der Waals surface area contributed by atoms with Crippen LogP contribution in [0.1, 0.15) is 12.8 Å². The molecule has 1 aliphatic heterocycles. The Labute approximate surface area is 123 Å². The quantitative estimate of drug-likeness (QED) is 0.446. The molecule has 21 heavy (non-hydrogen) atoms. The van der Waals surface area contributed by atoms with Crippen LogP contribution in [-0.4, -0.2) is 60.2 Å². The van der Waals surface area contributed by atoms with Crippen molar-refractivity contribution in [2.45, 2.75) is 23.8 Å². The van der Waals surface area contributed by atoms with Gasteiger partial charge in [0, 0.05) is 13.1 Å². The maximum Gasteiger partial charge on any atom is 0.246 e. The maximum atomic E-state index is 12.4. The molecule has 0 aliphatic carbocycles. The number of hydrogen-bond acceptors (Lipinski definition) is 8. The van der Waals surface area contributed by atoms with Crippen LogP contribution in [0, 0.1) is 0 Å². The van der Waals surface area contributed by atoms with Crippen molar-refractivity contribution in [3.8, 4) is 0 Å². The summed E-state index contributed by atoms with van der Waals surface area (Å²) in [6.07, 6.45) is 3.65. The van der Waals surface area contributed by atoms with Crippen molar-refractivity contribution in [2.75, 3.05) is 31.7 Å². The van der Waals surface area contributed by atoms with Crippen LogP contribution in [0.3, 0.4) is 0 Å². The van der Waals surface area contributed by atoms with Gasteiger partial charge >= 0.3 is 0 Å². The highest BCUT2D eigenvalue weighted by molar-refractivity contribution is 7.89. The first kappa shape index (κ1) is 16.0. The summed E-state index contributed by atoms with van der Waals surface area (Å²) in [6.45, 7) is 0.987. The van der Waals surface area contributed by atoms with Gasteiger partial charge in [-0.25, -0.2) is 24.2 Å². The van der Waals surface area contributed by atoms with Crippen LogP contribution in [0.5, 0.6) is 0 Å². The molecule has 2 heterocycles. The number of nitrogens with zero attached hydrogens (tertiary/aromatic N) is 3. The summed E-state index contributed by atoms with van der Waals surface area (Å²) in [5.74, 6) is 5.30. The van der Waals surface area contributed by atoms with Gasteiger partial charge in [-0.2, -0.15) is 4.31 Å². The van der Waals surface area contributed by atoms with E-state index in [0.717, 1.165) is 0 Å². The molecule has 0 bridgehead atoms. The van der Waals surface area contributed by atoms with E-state index in [4.69, 9.17) is 15.7 Å². The third kappa shape index (κ3) is 3.86. The summed E-state index contributed by atoms with van der Waals surface area (Å²) in [7, 11) is -3.60. The Kier molecular flexibility index (Phi) is 5.42. The third-order valence-corrected chi connectivity index (χ3v) is 5.09. The number of aromatic nitrogens is 2. The summed E-state index contributed by atoms with van der Waals surface area (Å²) in [5.41, 5.74) is 2.24. The summed E-state index contributed by atoms with van der Waals surface area (Å²) >= 11 is 0. The molecular weight excluding hydrogens is 298 g/mol. The minimum atomic E-state index is -3.60. The number of ether oxygens (including phenoxy) is 1. The number of aliphatic hydroxyl groups is 1. The van der Waals surface area contributed by atoms with Crippen molar-refractivity contribution in [1.29, 1.82) is 0 Å². The van der Waals surface area contributed by atoms with E-state index in [1.165, 1.54) is 16.7 Å². The minimum Gasteiger partial charge on any atom is -0.394 e. The number of nitrogens with two attached hydrogens (primary N) is 1. The topological polar surface area (TPSA) is 131 Å². The summed E-state index contributed by atoms with van der Waals surface area (Å²) in [6, 6.07) is 0. The van der Waals surface area contributed by atoms with E-state index >= 15 is 0 Å². The van der Waals surface area contributed by atoms with E-state index in [9.17, 15) is 8.42 Å². The molecule has 1 saturated heterocycles. The zero-order chi connectivity index (χ0) is 15.3. The van der Waals surface area contributed by atoms with E-state index in [2.05, 4.69) is 15.4 Å². The lowest BCUT2D eigenvalue weighted by Crippen LogP contribution is -2.41. The van der Waals surface area contributed by atoms with Gasteiger partial charge in [-0.05, 0) is 12.8 Å². The van der Waals surface area contributed by atoms with E-state index < -0.39 is 10.0 Å². The van der Waals surface area contributed by atoms with Gasteiger partial charge in [-0.3, -0.25) is 5.43 Å². The van der Waals surface area contributed by atoms with Gasteiger partial charge < -0.3 is 9.84 Å². The molecule has 0 radical (unpaired) electrons. The highest BCUT2D eigenvalue weighted by atomic mass is 32.2. The van der Waals surface area contributed by atoms with Gasteiger partial charge in [0.25, 0.3) is 0 Å². The largest absolute Gasteiger partial charge is 0.394 e. The Hall–Kier alpha value is -1.33. The van der Waals surface area contributed by atoms with Gasteiger partial charge in [0.1, 0.15) is 4.90 Å². The van der Waals surface area contributed by atoms with Crippen LogP contribution >= 0.6 is 0 Å². The molecule has 0 aromatic carbocycles. The molecule has 0 amide bonds. The fraction of sp³-hybridized carbons (Fsp3) is 0.636. The van der Waals surface area contributed by atoms with Gasteiger partial charge in [0.05, 0.1) is 31.7 Å². The van der Waals surface area contributed by atoms with Gasteiger partial charge in [0.15, 0.2) is 0 Å². The molecule has 0 spiro atoms. The van der Waals surface area contributed by atoms with Crippen molar-refractivity contribution in [3.05, 3.63) is 12.4 Å². The number of rotatable bonds is 6. The lowest BCUT2D eigenvalue weighted by Gasteiger charge is -2.30. The summed E-state index contributed by atoms with van der Waals surface area (Å²) in [4.78, 5) is 7.65. The molecule has 0 atom stereocenters. The van der Waals surface area contributed by atoms with Crippen LogP contribution in [-0.2, 0) is 14.8 Å². The van der Waals surface area contributed by atoms with Crippen molar-refractivity contribution in [2.24, 2.45) is 5.84 Å². The Morgan fingerprint density at radius 2 is 2.00 bits per heavy atom. The van der Waals surface area contributed by atoms with E-state index in [1.807, 2.05) is 0 Å².